The minimum Gasteiger partial charge on any atom is -0.368 e. The van der Waals surface area contributed by atoms with Crippen molar-refractivity contribution in [1.29, 1.82) is 0 Å². The molecule has 8 heteroatoms. The minimum absolute atomic E-state index is 0.133. The lowest BCUT2D eigenvalue weighted by Gasteiger charge is -2.10. The van der Waals surface area contributed by atoms with Crippen molar-refractivity contribution in [3.8, 4) is 5.69 Å². The molecule has 0 amide bonds. The number of hydrogen-bond donors (Lipinski definition) is 1. The maximum atomic E-state index is 5.92. The van der Waals surface area contributed by atoms with Gasteiger partial charge in [0.2, 0.25) is 11.1 Å². The lowest BCUT2D eigenvalue weighted by Crippen LogP contribution is -2.02. The summed E-state index contributed by atoms with van der Waals surface area (Å²) in [6.45, 7) is 3.95. The predicted molar refractivity (Wildman–Crippen MR) is 86.4 cm³/mol. The van der Waals surface area contributed by atoms with Gasteiger partial charge in [-0.2, -0.15) is 0 Å². The lowest BCUT2D eigenvalue weighted by molar-refractivity contribution is 0.859. The number of benzene rings is 1. The summed E-state index contributed by atoms with van der Waals surface area (Å²) in [4.78, 5) is 8.01. The van der Waals surface area contributed by atoms with E-state index < -0.39 is 0 Å². The van der Waals surface area contributed by atoms with Crippen molar-refractivity contribution in [2.24, 2.45) is 0 Å². The van der Waals surface area contributed by atoms with E-state index in [1.165, 1.54) is 11.8 Å². The molecule has 0 spiro atoms. The molecule has 0 bridgehead atoms. The summed E-state index contributed by atoms with van der Waals surface area (Å²) < 4.78 is 1.98. The lowest BCUT2D eigenvalue weighted by atomic mass is 10.2. The number of nitrogen functional groups attached to an aromatic ring is 1. The van der Waals surface area contributed by atoms with Crippen molar-refractivity contribution in [2.45, 2.75) is 24.0 Å². The first kappa shape index (κ1) is 14.8. The largest absolute Gasteiger partial charge is 0.368 e. The van der Waals surface area contributed by atoms with E-state index in [0.29, 0.717) is 15.3 Å². The van der Waals surface area contributed by atoms with Gasteiger partial charge in [-0.25, -0.2) is 9.97 Å². The van der Waals surface area contributed by atoms with Crippen molar-refractivity contribution in [3.05, 3.63) is 46.9 Å². The first-order valence-electron chi connectivity index (χ1n) is 6.50. The van der Waals surface area contributed by atoms with Crippen LogP contribution in [0.3, 0.4) is 0 Å². The maximum Gasteiger partial charge on any atom is 0.222 e. The molecular weight excluding hydrogens is 320 g/mol. The molecule has 0 unspecified atom stereocenters. The molecular formula is C14H13ClN6S. The van der Waals surface area contributed by atoms with Gasteiger partial charge in [-0.3, -0.25) is 4.57 Å². The van der Waals surface area contributed by atoms with E-state index in [2.05, 4.69) is 20.2 Å². The van der Waals surface area contributed by atoms with Crippen LogP contribution in [-0.4, -0.2) is 24.7 Å². The fourth-order valence-electron chi connectivity index (χ4n) is 2.06. The van der Waals surface area contributed by atoms with Crippen LogP contribution >= 0.6 is 23.4 Å². The number of rotatable bonds is 3. The Hall–Kier alpha value is -2.12. The normalized spacial score (nSPS) is 10.9. The van der Waals surface area contributed by atoms with Crippen LogP contribution in [0, 0.1) is 13.8 Å². The van der Waals surface area contributed by atoms with Crippen LogP contribution in [0.4, 0.5) is 5.95 Å². The zero-order valence-electron chi connectivity index (χ0n) is 12.0. The molecule has 1 aromatic carbocycles. The molecule has 3 aromatic rings. The molecule has 2 aromatic heterocycles. The smallest absolute Gasteiger partial charge is 0.222 e. The summed E-state index contributed by atoms with van der Waals surface area (Å²) in [7, 11) is 0. The summed E-state index contributed by atoms with van der Waals surface area (Å²) in [5, 5.41) is 10.00. The average Bonchev–Trinajstić information content (AvgIpc) is 2.79. The van der Waals surface area contributed by atoms with E-state index >= 15 is 0 Å². The van der Waals surface area contributed by atoms with Gasteiger partial charge >= 0.3 is 0 Å². The number of aromatic nitrogens is 5. The highest BCUT2D eigenvalue weighted by molar-refractivity contribution is 7.99. The number of nitrogens with two attached hydrogens (primary N) is 1. The van der Waals surface area contributed by atoms with Crippen LogP contribution in [0.25, 0.3) is 5.69 Å². The zero-order valence-corrected chi connectivity index (χ0v) is 13.6. The Balaban J connectivity index is 2.04. The van der Waals surface area contributed by atoms with Crippen molar-refractivity contribution >= 4 is 29.3 Å². The third kappa shape index (κ3) is 2.90. The monoisotopic (exact) mass is 332 g/mol. The number of nitrogens with zero attached hydrogens (tertiary/aromatic N) is 5. The van der Waals surface area contributed by atoms with Crippen LogP contribution in [0.1, 0.15) is 11.4 Å². The van der Waals surface area contributed by atoms with Crippen molar-refractivity contribution in [1.82, 2.24) is 24.7 Å². The molecule has 6 nitrogen and oxygen atoms in total. The molecule has 0 fully saturated rings. The van der Waals surface area contributed by atoms with E-state index in [1.807, 2.05) is 42.7 Å². The Labute approximate surface area is 136 Å². The summed E-state index contributed by atoms with van der Waals surface area (Å²) in [6.07, 6.45) is 0. The van der Waals surface area contributed by atoms with E-state index in [9.17, 15) is 0 Å². The SMILES string of the molecule is Cc1ccccc1-n1c(C)nnc1Sc1cc(Cl)nc(N)n1. The Bertz CT molecular complexity index is 812. The number of halogens is 1. The molecule has 2 heterocycles. The summed E-state index contributed by atoms with van der Waals surface area (Å²) >= 11 is 7.26. The Kier molecular flexibility index (Phi) is 4.00. The third-order valence-corrected chi connectivity index (χ3v) is 4.09. The van der Waals surface area contributed by atoms with E-state index in [1.54, 1.807) is 6.07 Å². The minimum atomic E-state index is 0.133. The van der Waals surface area contributed by atoms with Crippen LogP contribution in [-0.2, 0) is 0 Å². The van der Waals surface area contributed by atoms with Gasteiger partial charge in [-0.15, -0.1) is 10.2 Å². The summed E-state index contributed by atoms with van der Waals surface area (Å²) in [5.41, 5.74) is 7.79. The second kappa shape index (κ2) is 5.94. The molecule has 2 N–H and O–H groups in total. The Morgan fingerprint density at radius 3 is 2.64 bits per heavy atom. The molecule has 0 saturated carbocycles. The average molecular weight is 333 g/mol. The Morgan fingerprint density at radius 1 is 1.14 bits per heavy atom. The van der Waals surface area contributed by atoms with Crippen LogP contribution in [0.15, 0.2) is 40.5 Å². The van der Waals surface area contributed by atoms with Crippen molar-refractivity contribution < 1.29 is 0 Å². The van der Waals surface area contributed by atoms with Gasteiger partial charge in [-0.1, -0.05) is 29.8 Å². The summed E-state index contributed by atoms with van der Waals surface area (Å²) in [6, 6.07) is 9.70. The maximum absolute atomic E-state index is 5.92. The molecule has 0 atom stereocenters. The molecule has 0 aliphatic carbocycles. The van der Waals surface area contributed by atoms with Gasteiger partial charge in [0.25, 0.3) is 0 Å². The molecule has 112 valence electrons. The Morgan fingerprint density at radius 2 is 1.91 bits per heavy atom. The first-order valence-corrected chi connectivity index (χ1v) is 7.70. The van der Waals surface area contributed by atoms with Gasteiger partial charge in [0.1, 0.15) is 16.0 Å². The van der Waals surface area contributed by atoms with Gasteiger partial charge < -0.3 is 5.73 Å². The molecule has 3 rings (SSSR count). The fourth-order valence-corrected chi connectivity index (χ4v) is 3.22. The van der Waals surface area contributed by atoms with Gasteiger partial charge in [-0.05, 0) is 37.2 Å². The number of hydrogen-bond acceptors (Lipinski definition) is 6. The second-order valence-corrected chi connectivity index (χ2v) is 6.02. The molecule has 0 aliphatic heterocycles. The zero-order chi connectivity index (χ0) is 15.7. The topological polar surface area (TPSA) is 82.5 Å². The third-order valence-electron chi connectivity index (χ3n) is 3.04. The molecule has 0 aliphatic rings. The number of para-hydroxylation sites is 1. The highest BCUT2D eigenvalue weighted by Crippen LogP contribution is 2.29. The quantitative estimate of drug-likeness (QED) is 0.742. The van der Waals surface area contributed by atoms with Crippen LogP contribution in [0.2, 0.25) is 5.15 Å². The highest BCUT2D eigenvalue weighted by atomic mass is 35.5. The standard InChI is InChI=1S/C14H13ClN6S/c1-8-5-3-4-6-10(8)21-9(2)19-20-14(21)22-12-7-11(15)17-13(16)18-12/h3-7H,1-2H3,(H2,16,17,18). The fraction of sp³-hybridized carbons (Fsp3) is 0.143. The summed E-state index contributed by atoms with van der Waals surface area (Å²) in [5.74, 6) is 0.929. The van der Waals surface area contributed by atoms with Crippen molar-refractivity contribution in [2.75, 3.05) is 5.73 Å². The van der Waals surface area contributed by atoms with Crippen LogP contribution < -0.4 is 5.73 Å². The van der Waals surface area contributed by atoms with E-state index in [0.717, 1.165) is 17.1 Å². The predicted octanol–water partition coefficient (Wildman–Crippen LogP) is 3.06. The molecule has 0 radical (unpaired) electrons. The molecule has 22 heavy (non-hydrogen) atoms. The van der Waals surface area contributed by atoms with Crippen LogP contribution in [0.5, 0.6) is 0 Å². The second-order valence-electron chi connectivity index (χ2n) is 4.64. The van der Waals surface area contributed by atoms with Gasteiger partial charge in [0, 0.05) is 6.07 Å². The highest BCUT2D eigenvalue weighted by Gasteiger charge is 2.15. The van der Waals surface area contributed by atoms with Crippen molar-refractivity contribution in [3.63, 3.8) is 0 Å². The number of anilines is 1. The van der Waals surface area contributed by atoms with E-state index in [-0.39, 0.29) is 5.95 Å². The van der Waals surface area contributed by atoms with E-state index in [4.69, 9.17) is 17.3 Å². The molecule has 0 saturated heterocycles. The van der Waals surface area contributed by atoms with Gasteiger partial charge in [0.15, 0.2) is 0 Å². The number of aryl methyl sites for hydroxylation is 2. The van der Waals surface area contributed by atoms with Gasteiger partial charge in [0.05, 0.1) is 5.69 Å². The first-order chi connectivity index (χ1) is 10.5.